The van der Waals surface area contributed by atoms with E-state index in [2.05, 4.69) is 6.92 Å². The second kappa shape index (κ2) is 11.8. The molecule has 0 aromatic heterocycles. The van der Waals surface area contributed by atoms with Gasteiger partial charge in [-0.2, -0.15) is 0 Å². The molecule has 0 amide bonds. The van der Waals surface area contributed by atoms with E-state index in [-0.39, 0.29) is 5.97 Å². The summed E-state index contributed by atoms with van der Waals surface area (Å²) in [7, 11) is 0. The third-order valence-corrected chi connectivity index (χ3v) is 3.26. The highest BCUT2D eigenvalue weighted by molar-refractivity contribution is 5.87. The maximum absolute atomic E-state index is 12.0. The molecule has 0 aliphatic heterocycles. The minimum Gasteiger partial charge on any atom is -0.463 e. The van der Waals surface area contributed by atoms with Gasteiger partial charge in [0.15, 0.2) is 0 Å². The Morgan fingerprint density at radius 3 is 2.45 bits per heavy atom. The number of esters is 1. The highest BCUT2D eigenvalue weighted by Crippen LogP contribution is 2.13. The number of ether oxygens (including phenoxy) is 2. The zero-order chi connectivity index (χ0) is 16.0. The van der Waals surface area contributed by atoms with E-state index in [0.29, 0.717) is 12.4 Å². The smallest absolute Gasteiger partial charge is 0.330 e. The minimum atomic E-state index is -0.847. The van der Waals surface area contributed by atoms with Crippen molar-refractivity contribution >= 4 is 12.0 Å². The van der Waals surface area contributed by atoms with Crippen LogP contribution in [0.5, 0.6) is 5.75 Å². The van der Waals surface area contributed by atoms with Crippen molar-refractivity contribution in [3.05, 3.63) is 35.9 Å². The lowest BCUT2D eigenvalue weighted by atomic mass is 10.1. The van der Waals surface area contributed by atoms with Gasteiger partial charge < -0.3 is 9.47 Å². The van der Waals surface area contributed by atoms with E-state index in [0.717, 1.165) is 18.4 Å². The van der Waals surface area contributed by atoms with Crippen molar-refractivity contribution in [2.45, 2.75) is 45.4 Å². The predicted molar refractivity (Wildman–Crippen MR) is 86.4 cm³/mol. The Bertz CT molecular complexity index is 440. The van der Waals surface area contributed by atoms with Gasteiger partial charge in [-0.05, 0) is 30.2 Å². The Balaban J connectivity index is 2.18. The number of hydrogen-bond donors (Lipinski definition) is 0. The second-order valence-electron chi connectivity index (χ2n) is 5.09. The topological polar surface area (TPSA) is 35.5 Å². The Morgan fingerprint density at radius 2 is 1.77 bits per heavy atom. The lowest BCUT2D eigenvalue weighted by molar-refractivity contribution is -0.137. The first-order chi connectivity index (χ1) is 10.8. The molecule has 0 spiro atoms. The van der Waals surface area contributed by atoms with Gasteiger partial charge in [0.25, 0.3) is 0 Å². The van der Waals surface area contributed by atoms with Crippen LogP contribution in [0.2, 0.25) is 0 Å². The van der Waals surface area contributed by atoms with E-state index >= 15 is 0 Å². The van der Waals surface area contributed by atoms with Gasteiger partial charge in [-0.15, -0.1) is 0 Å². The second-order valence-corrected chi connectivity index (χ2v) is 5.09. The number of unbranched alkanes of at least 4 members (excludes halogenated alkanes) is 5. The van der Waals surface area contributed by atoms with Crippen molar-refractivity contribution in [3.63, 3.8) is 0 Å². The molecule has 0 bridgehead atoms. The van der Waals surface area contributed by atoms with E-state index in [4.69, 9.17) is 9.47 Å². The molecule has 0 atom stereocenters. The van der Waals surface area contributed by atoms with Crippen LogP contribution in [0.4, 0.5) is 4.39 Å². The lowest BCUT2D eigenvalue weighted by Crippen LogP contribution is -2.02. The SMILES string of the molecule is CCCCCCCCOC(=O)C=Cc1ccc(OCF)cc1. The molecule has 0 aliphatic carbocycles. The van der Waals surface area contributed by atoms with Gasteiger partial charge in [0, 0.05) is 6.08 Å². The molecule has 0 heterocycles. The lowest BCUT2D eigenvalue weighted by Gasteiger charge is -2.02. The summed E-state index contributed by atoms with van der Waals surface area (Å²) in [6.45, 7) is 1.81. The average molecular weight is 308 g/mol. The third-order valence-electron chi connectivity index (χ3n) is 3.26. The van der Waals surface area contributed by atoms with E-state index in [1.807, 2.05) is 0 Å². The largest absolute Gasteiger partial charge is 0.463 e. The van der Waals surface area contributed by atoms with Crippen molar-refractivity contribution in [3.8, 4) is 5.75 Å². The number of carbonyl (C=O) groups is 1. The molecule has 0 aliphatic rings. The van der Waals surface area contributed by atoms with Gasteiger partial charge >= 0.3 is 5.97 Å². The molecule has 22 heavy (non-hydrogen) atoms. The molecule has 0 saturated heterocycles. The van der Waals surface area contributed by atoms with Crippen LogP contribution in [0.1, 0.15) is 51.0 Å². The zero-order valence-corrected chi connectivity index (χ0v) is 13.2. The highest BCUT2D eigenvalue weighted by Gasteiger charge is 1.98. The van der Waals surface area contributed by atoms with Gasteiger partial charge in [-0.25, -0.2) is 9.18 Å². The molecular formula is C18H25FO3. The van der Waals surface area contributed by atoms with Crippen molar-refractivity contribution in [2.75, 3.05) is 13.5 Å². The number of rotatable bonds is 11. The van der Waals surface area contributed by atoms with Crippen molar-refractivity contribution in [1.29, 1.82) is 0 Å². The summed E-state index contributed by atoms with van der Waals surface area (Å²) in [5, 5.41) is 0. The Kier molecular flexibility index (Phi) is 9.75. The first kappa shape index (κ1) is 18.2. The van der Waals surface area contributed by atoms with Crippen molar-refractivity contribution in [2.24, 2.45) is 0 Å². The Hall–Kier alpha value is -1.84. The van der Waals surface area contributed by atoms with Crippen LogP contribution in [-0.4, -0.2) is 19.4 Å². The monoisotopic (exact) mass is 308 g/mol. The molecule has 0 saturated carbocycles. The fourth-order valence-corrected chi connectivity index (χ4v) is 2.01. The molecule has 0 N–H and O–H groups in total. The Morgan fingerprint density at radius 1 is 1.09 bits per heavy atom. The third kappa shape index (κ3) is 8.45. The van der Waals surface area contributed by atoms with Crippen LogP contribution in [0, 0.1) is 0 Å². The van der Waals surface area contributed by atoms with Gasteiger partial charge in [0.2, 0.25) is 6.86 Å². The molecular weight excluding hydrogens is 283 g/mol. The Labute approximate surface area is 132 Å². The zero-order valence-electron chi connectivity index (χ0n) is 13.2. The number of alkyl halides is 1. The van der Waals surface area contributed by atoms with Crippen LogP contribution in [-0.2, 0) is 9.53 Å². The molecule has 0 unspecified atom stereocenters. The minimum absolute atomic E-state index is 0.336. The van der Waals surface area contributed by atoms with E-state index in [1.165, 1.54) is 31.8 Å². The molecule has 1 aromatic rings. The standard InChI is InChI=1S/C18H25FO3/c1-2-3-4-5-6-7-14-21-18(20)13-10-16-8-11-17(12-9-16)22-15-19/h8-13H,2-7,14-15H2,1H3. The van der Waals surface area contributed by atoms with Crippen LogP contribution in [0.3, 0.4) is 0 Å². The summed E-state index contributed by atoms with van der Waals surface area (Å²) in [5.74, 6) is 0.128. The number of hydrogen-bond acceptors (Lipinski definition) is 3. The summed E-state index contributed by atoms with van der Waals surface area (Å²) in [6.07, 6.45) is 10.1. The predicted octanol–water partition coefficient (Wildman–Crippen LogP) is 4.91. The molecule has 122 valence electrons. The van der Waals surface area contributed by atoms with Crippen molar-refractivity contribution in [1.82, 2.24) is 0 Å². The highest BCUT2D eigenvalue weighted by atomic mass is 19.1. The summed E-state index contributed by atoms with van der Waals surface area (Å²) < 4.78 is 21.8. The molecule has 1 aromatic carbocycles. The van der Waals surface area contributed by atoms with Crippen LogP contribution in [0.15, 0.2) is 30.3 Å². The molecule has 0 radical (unpaired) electrons. The molecule has 0 fully saturated rings. The maximum Gasteiger partial charge on any atom is 0.330 e. The van der Waals surface area contributed by atoms with Gasteiger partial charge in [0.05, 0.1) is 6.61 Å². The van der Waals surface area contributed by atoms with Crippen LogP contribution in [0.25, 0.3) is 6.08 Å². The van der Waals surface area contributed by atoms with Gasteiger partial charge in [-0.1, -0.05) is 51.2 Å². The average Bonchev–Trinajstić information content (AvgIpc) is 2.54. The van der Waals surface area contributed by atoms with Crippen LogP contribution < -0.4 is 4.74 Å². The quantitative estimate of drug-likeness (QED) is 0.331. The van der Waals surface area contributed by atoms with Crippen LogP contribution >= 0.6 is 0 Å². The van der Waals surface area contributed by atoms with E-state index in [9.17, 15) is 9.18 Å². The van der Waals surface area contributed by atoms with E-state index in [1.54, 1.807) is 30.3 Å². The van der Waals surface area contributed by atoms with E-state index < -0.39 is 6.86 Å². The summed E-state index contributed by atoms with van der Waals surface area (Å²) >= 11 is 0. The fraction of sp³-hybridized carbons (Fsp3) is 0.500. The first-order valence-corrected chi connectivity index (χ1v) is 7.90. The summed E-state index contributed by atoms with van der Waals surface area (Å²) in [5.41, 5.74) is 0.836. The maximum atomic E-state index is 12.0. The molecule has 1 rings (SSSR count). The molecule has 4 heteroatoms. The van der Waals surface area contributed by atoms with Crippen molar-refractivity contribution < 1.29 is 18.7 Å². The summed E-state index contributed by atoms with van der Waals surface area (Å²) in [6, 6.07) is 6.81. The number of carbonyl (C=O) groups excluding carboxylic acids is 1. The summed E-state index contributed by atoms with van der Waals surface area (Å²) in [4.78, 5) is 11.5. The first-order valence-electron chi connectivity index (χ1n) is 7.90. The normalized spacial score (nSPS) is 10.8. The van der Waals surface area contributed by atoms with Gasteiger partial charge in [-0.3, -0.25) is 0 Å². The number of halogens is 1. The number of benzene rings is 1. The molecule has 3 nitrogen and oxygen atoms in total. The fourth-order valence-electron chi connectivity index (χ4n) is 2.01. The van der Waals surface area contributed by atoms with Gasteiger partial charge in [0.1, 0.15) is 5.75 Å².